The van der Waals surface area contributed by atoms with Crippen LogP contribution in [0.5, 0.6) is 0 Å². The summed E-state index contributed by atoms with van der Waals surface area (Å²) in [7, 11) is 0. The zero-order valence-electron chi connectivity index (χ0n) is 7.30. The number of hydrogen-bond donors (Lipinski definition) is 0. The minimum atomic E-state index is 0.421. The van der Waals surface area contributed by atoms with Gasteiger partial charge in [0, 0.05) is 24.2 Å². The van der Waals surface area contributed by atoms with E-state index in [0.29, 0.717) is 5.41 Å². The number of fused-ring (bicyclic) bond motifs is 1. The van der Waals surface area contributed by atoms with Crippen LogP contribution in [-0.4, -0.2) is 18.0 Å². The Labute approximate surface area is 68.4 Å². The lowest BCUT2D eigenvalue weighted by Crippen LogP contribution is -2.22. The van der Waals surface area contributed by atoms with Crippen LogP contribution in [0, 0.1) is 5.41 Å². The van der Waals surface area contributed by atoms with E-state index in [9.17, 15) is 0 Å². The minimum absolute atomic E-state index is 0.421. The Morgan fingerprint density at radius 2 is 2.27 bits per heavy atom. The second-order valence-corrected chi connectivity index (χ2v) is 4.06. The summed E-state index contributed by atoms with van der Waals surface area (Å²) in [4.78, 5) is 2.47. The van der Waals surface area contributed by atoms with Gasteiger partial charge in [-0.1, -0.05) is 26.0 Å². The molecule has 2 aliphatic rings. The highest BCUT2D eigenvalue weighted by Gasteiger charge is 2.34. The summed E-state index contributed by atoms with van der Waals surface area (Å²) in [5, 5.41) is 0. The maximum Gasteiger partial charge on any atom is 0.0359 e. The quantitative estimate of drug-likeness (QED) is 0.510. The fourth-order valence-corrected chi connectivity index (χ4v) is 1.96. The maximum atomic E-state index is 2.47. The average molecular weight is 149 g/mol. The van der Waals surface area contributed by atoms with Crippen LogP contribution >= 0.6 is 0 Å². The van der Waals surface area contributed by atoms with Gasteiger partial charge in [-0.2, -0.15) is 0 Å². The third kappa shape index (κ3) is 0.991. The van der Waals surface area contributed by atoms with Crippen molar-refractivity contribution < 1.29 is 0 Å². The van der Waals surface area contributed by atoms with Gasteiger partial charge in [-0.25, -0.2) is 0 Å². The summed E-state index contributed by atoms with van der Waals surface area (Å²) in [6.07, 6.45) is 7.97. The van der Waals surface area contributed by atoms with Crippen LogP contribution in [0.4, 0.5) is 0 Å². The number of nitrogens with zero attached hydrogens (tertiary/aromatic N) is 1. The Hall–Kier alpha value is -0.720. The zero-order valence-corrected chi connectivity index (χ0v) is 7.30. The fraction of sp³-hybridized carbons (Fsp3) is 0.600. The summed E-state index contributed by atoms with van der Waals surface area (Å²) in [5.74, 6) is 0. The predicted molar refractivity (Wildman–Crippen MR) is 47.2 cm³/mol. The summed E-state index contributed by atoms with van der Waals surface area (Å²) in [5.41, 5.74) is 1.95. The first-order chi connectivity index (χ1) is 5.20. The molecule has 2 rings (SSSR count). The highest BCUT2D eigenvalue weighted by atomic mass is 15.2. The van der Waals surface area contributed by atoms with Crippen LogP contribution in [0.15, 0.2) is 23.9 Å². The third-order valence-corrected chi connectivity index (χ3v) is 2.76. The number of rotatable bonds is 0. The third-order valence-electron chi connectivity index (χ3n) is 2.76. The molecule has 1 saturated heterocycles. The molecule has 0 aromatic heterocycles. The Balaban J connectivity index is 2.33. The van der Waals surface area contributed by atoms with Crippen molar-refractivity contribution in [3.63, 3.8) is 0 Å². The number of allylic oxidation sites excluding steroid dienone is 3. The fourth-order valence-electron chi connectivity index (χ4n) is 1.96. The lowest BCUT2D eigenvalue weighted by atomic mass is 9.88. The van der Waals surface area contributed by atoms with Gasteiger partial charge in [0.2, 0.25) is 0 Å². The maximum absolute atomic E-state index is 2.47. The molecule has 0 saturated carbocycles. The highest BCUT2D eigenvalue weighted by molar-refractivity contribution is 5.25. The van der Waals surface area contributed by atoms with Crippen LogP contribution in [0.3, 0.4) is 0 Å². The van der Waals surface area contributed by atoms with Crippen molar-refractivity contribution in [2.75, 3.05) is 13.1 Å². The molecule has 0 radical (unpaired) electrons. The standard InChI is InChI=1S/C10H15N/c1-10(2)6-8-11-7-4-3-5-9(10)11/h3-5H,6-8H2,1-2H3. The van der Waals surface area contributed by atoms with E-state index in [1.165, 1.54) is 18.7 Å². The number of hydrogen-bond acceptors (Lipinski definition) is 1. The van der Waals surface area contributed by atoms with E-state index >= 15 is 0 Å². The topological polar surface area (TPSA) is 3.24 Å². The molecule has 0 N–H and O–H groups in total. The van der Waals surface area contributed by atoms with Gasteiger partial charge >= 0.3 is 0 Å². The van der Waals surface area contributed by atoms with Crippen LogP contribution in [0.25, 0.3) is 0 Å². The van der Waals surface area contributed by atoms with Crippen LogP contribution in [0.1, 0.15) is 20.3 Å². The van der Waals surface area contributed by atoms with Crippen molar-refractivity contribution in [1.29, 1.82) is 0 Å². The summed E-state index contributed by atoms with van der Waals surface area (Å²) in [6.45, 7) is 7.02. The molecule has 0 aromatic rings. The first-order valence-electron chi connectivity index (χ1n) is 4.32. The van der Waals surface area contributed by atoms with Gasteiger partial charge in [0.1, 0.15) is 0 Å². The van der Waals surface area contributed by atoms with Crippen molar-refractivity contribution in [1.82, 2.24) is 4.90 Å². The van der Waals surface area contributed by atoms with Crippen LogP contribution in [-0.2, 0) is 0 Å². The Bertz CT molecular complexity index is 223. The smallest absolute Gasteiger partial charge is 0.0359 e. The van der Waals surface area contributed by atoms with Crippen molar-refractivity contribution in [3.8, 4) is 0 Å². The highest BCUT2D eigenvalue weighted by Crippen LogP contribution is 2.40. The predicted octanol–water partition coefficient (Wildman–Crippen LogP) is 2.17. The van der Waals surface area contributed by atoms with E-state index in [2.05, 4.69) is 37.0 Å². The molecule has 2 heterocycles. The average Bonchev–Trinajstić information content (AvgIpc) is 2.29. The van der Waals surface area contributed by atoms with Gasteiger partial charge in [0.05, 0.1) is 0 Å². The molecule has 0 atom stereocenters. The Morgan fingerprint density at radius 1 is 1.45 bits per heavy atom. The second-order valence-electron chi connectivity index (χ2n) is 4.06. The van der Waals surface area contributed by atoms with E-state index in [1.54, 1.807) is 0 Å². The molecule has 0 bridgehead atoms. The van der Waals surface area contributed by atoms with E-state index in [4.69, 9.17) is 0 Å². The van der Waals surface area contributed by atoms with E-state index in [-0.39, 0.29) is 0 Å². The van der Waals surface area contributed by atoms with Gasteiger partial charge in [0.25, 0.3) is 0 Å². The van der Waals surface area contributed by atoms with E-state index in [0.717, 1.165) is 6.54 Å². The van der Waals surface area contributed by atoms with Gasteiger partial charge in [-0.3, -0.25) is 0 Å². The van der Waals surface area contributed by atoms with Crippen molar-refractivity contribution in [2.24, 2.45) is 5.41 Å². The lowest BCUT2D eigenvalue weighted by molar-refractivity contribution is 0.403. The molecule has 0 aromatic carbocycles. The summed E-state index contributed by atoms with van der Waals surface area (Å²) in [6, 6.07) is 0. The molecule has 0 amide bonds. The first kappa shape index (κ1) is 6.96. The van der Waals surface area contributed by atoms with Gasteiger partial charge in [0.15, 0.2) is 0 Å². The monoisotopic (exact) mass is 149 g/mol. The van der Waals surface area contributed by atoms with Crippen LogP contribution < -0.4 is 0 Å². The van der Waals surface area contributed by atoms with Gasteiger partial charge in [-0.15, -0.1) is 0 Å². The summed E-state index contributed by atoms with van der Waals surface area (Å²) < 4.78 is 0. The van der Waals surface area contributed by atoms with Gasteiger partial charge < -0.3 is 4.90 Å². The second kappa shape index (κ2) is 2.13. The van der Waals surface area contributed by atoms with Crippen molar-refractivity contribution in [2.45, 2.75) is 20.3 Å². The molecular weight excluding hydrogens is 134 g/mol. The van der Waals surface area contributed by atoms with E-state index < -0.39 is 0 Å². The lowest BCUT2D eigenvalue weighted by Gasteiger charge is -2.26. The zero-order chi connectivity index (χ0) is 7.90. The molecule has 1 nitrogen and oxygen atoms in total. The molecule has 1 fully saturated rings. The molecule has 60 valence electrons. The minimum Gasteiger partial charge on any atom is -0.371 e. The van der Waals surface area contributed by atoms with Crippen molar-refractivity contribution >= 4 is 0 Å². The molecule has 0 aliphatic carbocycles. The molecule has 0 spiro atoms. The summed E-state index contributed by atoms with van der Waals surface area (Å²) >= 11 is 0. The largest absolute Gasteiger partial charge is 0.371 e. The Morgan fingerprint density at radius 3 is 3.00 bits per heavy atom. The molecule has 11 heavy (non-hydrogen) atoms. The van der Waals surface area contributed by atoms with Crippen LogP contribution in [0.2, 0.25) is 0 Å². The normalized spacial score (nSPS) is 26.7. The SMILES string of the molecule is CC1(C)CCN2CC=CC=C21. The molecule has 2 aliphatic heterocycles. The Kier molecular flexibility index (Phi) is 1.35. The first-order valence-corrected chi connectivity index (χ1v) is 4.32. The van der Waals surface area contributed by atoms with Crippen molar-refractivity contribution in [3.05, 3.63) is 23.9 Å². The van der Waals surface area contributed by atoms with Gasteiger partial charge in [-0.05, 0) is 12.5 Å². The molecular formula is C10H15N. The molecule has 1 heteroatoms. The van der Waals surface area contributed by atoms with E-state index in [1.807, 2.05) is 0 Å². The molecule has 0 unspecified atom stereocenters.